The van der Waals surface area contributed by atoms with Crippen LogP contribution in [0.25, 0.3) is 0 Å². The van der Waals surface area contributed by atoms with E-state index in [4.69, 9.17) is 21.4 Å². The van der Waals surface area contributed by atoms with E-state index in [2.05, 4.69) is 53.2 Å². The first-order valence-corrected chi connectivity index (χ1v) is 34.5. The van der Waals surface area contributed by atoms with Gasteiger partial charge in [-0.3, -0.25) is 86.3 Å². The lowest BCUT2D eigenvalue weighted by Crippen LogP contribution is -2.59. The molecule has 4 rings (SSSR count). The molecule has 12 unspecified atom stereocenters. The van der Waals surface area contributed by atoms with Gasteiger partial charge in [0.05, 0.1) is 32.5 Å². The highest BCUT2D eigenvalue weighted by atomic mass is 16.4. The first kappa shape index (κ1) is 88.1. The molecule has 4 saturated heterocycles. The van der Waals surface area contributed by atoms with Crippen molar-refractivity contribution in [2.45, 2.75) is 224 Å². The molecule has 4 aliphatic rings. The van der Waals surface area contributed by atoms with Gasteiger partial charge >= 0.3 is 23.9 Å². The van der Waals surface area contributed by atoms with Gasteiger partial charge in [-0.2, -0.15) is 0 Å². The Morgan fingerprint density at radius 2 is 0.837 bits per heavy atom. The summed E-state index contributed by atoms with van der Waals surface area (Å²) in [5, 5.41) is 69.0. The maximum Gasteiger partial charge on any atom is 0.326 e. The summed E-state index contributed by atoms with van der Waals surface area (Å²) in [6, 6.07) is -16.4. The van der Waals surface area contributed by atoms with Crippen molar-refractivity contribution in [3.63, 3.8) is 0 Å². The predicted molar refractivity (Wildman–Crippen MR) is 360 cm³/mol. The molecule has 582 valence electrons. The van der Waals surface area contributed by atoms with Crippen LogP contribution in [0.4, 0.5) is 0 Å². The molecule has 4 fully saturated rings. The molecular weight excluding hydrogens is 1380 g/mol. The molecule has 0 aliphatic carbocycles. The summed E-state index contributed by atoms with van der Waals surface area (Å²) >= 11 is 0. The van der Waals surface area contributed by atoms with Crippen LogP contribution in [0.3, 0.4) is 0 Å². The van der Waals surface area contributed by atoms with E-state index in [1.54, 1.807) is 27.7 Å². The number of carbonyl (C=O) groups excluding carboxylic acids is 14. The fourth-order valence-electron chi connectivity index (χ4n) is 12.2. The molecular formula is C64H102N16O24. The molecule has 4 aliphatic heterocycles. The zero-order chi connectivity index (χ0) is 78.4. The van der Waals surface area contributed by atoms with Gasteiger partial charge in [-0.25, -0.2) is 4.79 Å². The lowest BCUT2D eigenvalue weighted by Gasteiger charge is -2.35. The van der Waals surface area contributed by atoms with Crippen LogP contribution in [0.2, 0.25) is 0 Å². The van der Waals surface area contributed by atoms with Crippen molar-refractivity contribution in [1.29, 1.82) is 0 Å². The monoisotopic (exact) mass is 1480 g/mol. The minimum atomic E-state index is -2.02. The SMILES string of the molecule is CC(=O)O.CC(C)CC(NC(=O)CNC(=O)C(C)NC(=O)C(CC(=O)O)NC(=O)C(CC(=O)O)NC(=O)C(C)NC(=O)C1CCCN1C(=O)C(CCCCN)NC(=O)CNC(=O)C1CCCN1C(=O)C1CCCN1C(=O)C1CCCN1C(=O)C(CCC(=O)O)NC(=O)CN)C(=O)NC(C(=O)O)C(C)C. The van der Waals surface area contributed by atoms with Crippen molar-refractivity contribution in [2.24, 2.45) is 23.3 Å². The zero-order valence-corrected chi connectivity index (χ0v) is 59.5. The van der Waals surface area contributed by atoms with Gasteiger partial charge in [0.15, 0.2) is 0 Å². The maximum atomic E-state index is 14.3. The topological polar surface area (TPSA) is 611 Å². The van der Waals surface area contributed by atoms with Crippen molar-refractivity contribution >= 4 is 113 Å². The molecule has 4 heterocycles. The summed E-state index contributed by atoms with van der Waals surface area (Å²) in [4.78, 5) is 251. The first-order chi connectivity index (χ1) is 48.8. The van der Waals surface area contributed by atoms with E-state index in [0.29, 0.717) is 32.1 Å². The molecule has 14 amide bonds. The smallest absolute Gasteiger partial charge is 0.326 e. The summed E-state index contributed by atoms with van der Waals surface area (Å²) in [6.45, 7) is 8.81. The molecule has 0 bridgehead atoms. The average Bonchev–Trinajstić information content (AvgIpc) is 1.62. The minimum absolute atomic E-state index is 0.0126. The molecule has 0 aromatic heterocycles. The van der Waals surface area contributed by atoms with Crippen LogP contribution in [0, 0.1) is 11.8 Å². The number of aliphatic carboxylic acids is 5. The number of likely N-dealkylation sites (tertiary alicyclic amines) is 4. The van der Waals surface area contributed by atoms with Crippen molar-refractivity contribution in [2.75, 3.05) is 52.4 Å². The third kappa shape index (κ3) is 28.2. The first-order valence-electron chi connectivity index (χ1n) is 34.5. The molecule has 0 saturated carbocycles. The summed E-state index contributed by atoms with van der Waals surface area (Å²) in [6.07, 6.45) is 0.156. The van der Waals surface area contributed by atoms with Gasteiger partial charge in [0.1, 0.15) is 72.5 Å². The van der Waals surface area contributed by atoms with E-state index >= 15 is 0 Å². The molecule has 40 nitrogen and oxygen atoms in total. The standard InChI is InChI=1S/C62H98N16O22.C2H4O2/c1-31(2)25-37(55(92)74-50(32(3)4)62(99)100)71-46(81)29-65-51(88)33(5)67-53(90)38(26-48(84)85)73-54(91)39(27-49(86)87)72-52(89)34(6)68-57(94)41-15-10-21-75(41)58(95)35(13-7-8-20-63)70-45(80)30-66-56(93)40-14-9-22-76(40)60(97)43-17-12-24-78(43)61(98)42-16-11-23-77(42)59(96)36(18-19-47(82)83)69-44(79)28-64;1-2(3)4/h31-43,50H,7-30,63-64H2,1-6H3,(H,65,88)(H,66,93)(H,67,90)(H,68,94)(H,69,79)(H,70,80)(H,71,81)(H,72,89)(H,73,91)(H,74,92)(H,82,83)(H,84,85)(H,86,87)(H,99,100);1H3,(H,3,4). The highest BCUT2D eigenvalue weighted by Crippen LogP contribution is 2.30. The van der Waals surface area contributed by atoms with Gasteiger partial charge in [0.2, 0.25) is 82.7 Å². The quantitative estimate of drug-likeness (QED) is 0.0255. The van der Waals surface area contributed by atoms with Gasteiger partial charge in [-0.15, -0.1) is 0 Å². The van der Waals surface area contributed by atoms with Crippen molar-refractivity contribution in [3.05, 3.63) is 0 Å². The third-order valence-electron chi connectivity index (χ3n) is 17.3. The molecule has 19 N–H and O–H groups in total. The molecule has 12 atom stereocenters. The number of unbranched alkanes of at least 4 members (excludes halogenated alkanes) is 1. The number of nitrogens with one attached hydrogen (secondary N) is 10. The van der Waals surface area contributed by atoms with Crippen LogP contribution < -0.4 is 64.6 Å². The number of hydrogen-bond donors (Lipinski definition) is 17. The Kier molecular flexibility index (Phi) is 36.5. The second-order valence-electron chi connectivity index (χ2n) is 26.5. The summed E-state index contributed by atoms with van der Waals surface area (Å²) in [5.74, 6) is -19.3. The van der Waals surface area contributed by atoms with E-state index in [9.17, 15) is 107 Å². The Hall–Kier alpha value is -10.1. The number of nitrogens with zero attached hydrogens (tertiary/aromatic N) is 4. The number of carbonyl (C=O) groups is 19. The lowest BCUT2D eigenvalue weighted by molar-refractivity contribution is -0.151. The number of amides is 14. The van der Waals surface area contributed by atoms with E-state index in [1.807, 2.05) is 0 Å². The van der Waals surface area contributed by atoms with Crippen LogP contribution in [0.15, 0.2) is 0 Å². The Bertz CT molecular complexity index is 3150. The summed E-state index contributed by atoms with van der Waals surface area (Å²) < 4.78 is 0. The number of nitrogens with two attached hydrogens (primary N) is 2. The van der Waals surface area contributed by atoms with Crippen LogP contribution in [-0.4, -0.2) is 283 Å². The van der Waals surface area contributed by atoms with E-state index in [0.717, 1.165) is 20.8 Å². The summed E-state index contributed by atoms with van der Waals surface area (Å²) in [7, 11) is 0. The Morgan fingerprint density at radius 3 is 1.32 bits per heavy atom. The van der Waals surface area contributed by atoms with Gasteiger partial charge < -0.3 is 110 Å². The molecule has 40 heteroatoms. The van der Waals surface area contributed by atoms with Crippen LogP contribution in [0.1, 0.15) is 151 Å². The number of hydrogen-bond acceptors (Lipinski definition) is 21. The fraction of sp³-hybridized carbons (Fsp3) is 0.703. The molecule has 0 aromatic carbocycles. The molecule has 0 spiro atoms. The summed E-state index contributed by atoms with van der Waals surface area (Å²) in [5.41, 5.74) is 11.2. The van der Waals surface area contributed by atoms with E-state index in [-0.39, 0.29) is 90.0 Å². The van der Waals surface area contributed by atoms with Crippen LogP contribution in [-0.2, 0) is 91.1 Å². The van der Waals surface area contributed by atoms with Crippen LogP contribution >= 0.6 is 0 Å². The fourth-order valence-corrected chi connectivity index (χ4v) is 12.2. The Labute approximate surface area is 599 Å². The molecule has 0 radical (unpaired) electrons. The predicted octanol–water partition coefficient (Wildman–Crippen LogP) is -6.12. The maximum absolute atomic E-state index is 14.3. The average molecular weight is 1480 g/mol. The highest BCUT2D eigenvalue weighted by Gasteiger charge is 2.47. The molecule has 104 heavy (non-hydrogen) atoms. The van der Waals surface area contributed by atoms with Gasteiger partial charge in [-0.05, 0) is 116 Å². The van der Waals surface area contributed by atoms with Gasteiger partial charge in [0, 0.05) is 39.5 Å². The van der Waals surface area contributed by atoms with Crippen molar-refractivity contribution < 1.29 is 117 Å². The number of carboxylic acid groups (broad SMARTS) is 5. The number of rotatable bonds is 39. The van der Waals surface area contributed by atoms with Gasteiger partial charge in [0.25, 0.3) is 5.97 Å². The third-order valence-corrected chi connectivity index (χ3v) is 17.3. The van der Waals surface area contributed by atoms with E-state index < -0.39 is 230 Å². The van der Waals surface area contributed by atoms with Crippen molar-refractivity contribution in [3.8, 4) is 0 Å². The van der Waals surface area contributed by atoms with Crippen LogP contribution in [0.5, 0.6) is 0 Å². The van der Waals surface area contributed by atoms with Crippen molar-refractivity contribution in [1.82, 2.24) is 72.8 Å². The van der Waals surface area contributed by atoms with Gasteiger partial charge in [-0.1, -0.05) is 27.7 Å². The van der Waals surface area contributed by atoms with E-state index in [1.165, 1.54) is 19.6 Å². The lowest BCUT2D eigenvalue weighted by atomic mass is 10.0. The largest absolute Gasteiger partial charge is 0.481 e. The minimum Gasteiger partial charge on any atom is -0.481 e. The number of carboxylic acids is 5. The normalized spacial score (nSPS) is 19.1. The molecule has 0 aromatic rings. The zero-order valence-electron chi connectivity index (χ0n) is 59.5. The Morgan fingerprint density at radius 1 is 0.423 bits per heavy atom. The Balaban J connectivity index is 0.00000683. The second kappa shape index (κ2) is 43.1. The second-order valence-corrected chi connectivity index (χ2v) is 26.5. The highest BCUT2D eigenvalue weighted by molar-refractivity contribution is 6.01.